The van der Waals surface area contributed by atoms with Crippen LogP contribution in [-0.2, 0) is 9.31 Å². The van der Waals surface area contributed by atoms with Crippen molar-refractivity contribution in [2.24, 2.45) is 5.73 Å². The Bertz CT molecular complexity index is 599. The van der Waals surface area contributed by atoms with Crippen LogP contribution in [-0.4, -0.2) is 35.1 Å². The fourth-order valence-corrected chi connectivity index (χ4v) is 2.00. The van der Waals surface area contributed by atoms with Gasteiger partial charge in [-0.15, -0.1) is 0 Å². The lowest BCUT2D eigenvalue weighted by Gasteiger charge is -2.32. The van der Waals surface area contributed by atoms with Crippen LogP contribution < -0.4 is 11.5 Å². The van der Waals surface area contributed by atoms with Gasteiger partial charge in [0.15, 0.2) is 5.82 Å². The summed E-state index contributed by atoms with van der Waals surface area (Å²) in [6.45, 7) is 8.11. The Morgan fingerprint density at radius 2 is 1.95 bits per heavy atom. The van der Waals surface area contributed by atoms with Gasteiger partial charge in [-0.05, 0) is 39.2 Å². The van der Waals surface area contributed by atoms with Crippen molar-refractivity contribution in [2.45, 2.75) is 38.9 Å². The zero-order valence-electron chi connectivity index (χ0n) is 12.7. The first kappa shape index (κ1) is 15.6. The number of rotatable bonds is 3. The average Bonchev–Trinajstić information content (AvgIpc) is 2.84. The minimum Gasteiger partial charge on any atom is -0.400 e. The first-order valence-electron chi connectivity index (χ1n) is 6.72. The third kappa shape index (κ3) is 2.68. The van der Waals surface area contributed by atoms with Crippen molar-refractivity contribution in [3.05, 3.63) is 16.7 Å². The van der Waals surface area contributed by atoms with E-state index in [4.69, 9.17) is 26.0 Å². The van der Waals surface area contributed by atoms with Crippen LogP contribution in [0.1, 0.15) is 39.0 Å². The Morgan fingerprint density at radius 3 is 2.43 bits per heavy atom. The Labute approximate surface area is 124 Å². The highest BCUT2D eigenvalue weighted by Gasteiger charge is 2.52. The quantitative estimate of drug-likeness (QED) is 0.708. The Balaban J connectivity index is 2.34. The van der Waals surface area contributed by atoms with Crippen LogP contribution >= 0.6 is 0 Å². The molecule has 8 heteroatoms. The second-order valence-electron chi connectivity index (χ2n) is 6.02. The predicted octanol–water partition coefficient (Wildman–Crippen LogP) is 0.837. The van der Waals surface area contributed by atoms with E-state index in [9.17, 15) is 0 Å². The number of aromatic nitrogens is 2. The summed E-state index contributed by atoms with van der Waals surface area (Å²) in [4.78, 5) is 0. The molecule has 0 spiro atoms. The maximum Gasteiger partial charge on any atom is 0.491 e. The highest BCUT2D eigenvalue weighted by molar-refractivity contribution is 6.55. The zero-order chi connectivity index (χ0) is 15.8. The summed E-state index contributed by atoms with van der Waals surface area (Å²) in [6, 6.07) is 2.01. The monoisotopic (exact) mass is 289 g/mol. The number of anilines is 1. The highest BCUT2D eigenvalue weighted by Crippen LogP contribution is 2.38. The fourth-order valence-electron chi connectivity index (χ4n) is 2.00. The topological polar surface area (TPSA) is 123 Å². The molecule has 2 rings (SSSR count). The predicted molar refractivity (Wildman–Crippen MR) is 80.8 cm³/mol. The van der Waals surface area contributed by atoms with Gasteiger partial charge in [0, 0.05) is 6.54 Å². The molecule has 0 radical (unpaired) electrons. The molecule has 7 nitrogen and oxygen atoms in total. The number of nitrogen functional groups attached to an aromatic ring is 1. The van der Waals surface area contributed by atoms with E-state index in [1.54, 1.807) is 6.08 Å². The van der Waals surface area contributed by atoms with E-state index in [-0.39, 0.29) is 17.9 Å². The molecule has 1 aliphatic rings. The molecule has 1 fully saturated rings. The molecular formula is C13H20BN5O2. The normalized spacial score (nSPS) is 20.6. The number of aromatic amines is 1. The molecule has 0 saturated carbocycles. The smallest absolute Gasteiger partial charge is 0.400 e. The van der Waals surface area contributed by atoms with Gasteiger partial charge in [-0.25, -0.2) is 0 Å². The molecule has 0 bridgehead atoms. The molecule has 0 atom stereocenters. The van der Waals surface area contributed by atoms with Crippen molar-refractivity contribution < 1.29 is 9.31 Å². The number of nitrogens with two attached hydrogens (primary N) is 2. The molecule has 1 aliphatic heterocycles. The van der Waals surface area contributed by atoms with Gasteiger partial charge in [0.05, 0.1) is 16.9 Å². The minimum atomic E-state index is -0.559. The first-order valence-corrected chi connectivity index (χ1v) is 6.72. The van der Waals surface area contributed by atoms with Gasteiger partial charge in [0.2, 0.25) is 0 Å². The Kier molecular flexibility index (Phi) is 3.84. The lowest BCUT2D eigenvalue weighted by Crippen LogP contribution is -2.41. The summed E-state index contributed by atoms with van der Waals surface area (Å²) in [6.07, 6.45) is 1.71. The zero-order valence-corrected chi connectivity index (χ0v) is 12.7. The number of hydrogen-bond acceptors (Lipinski definition) is 6. The van der Waals surface area contributed by atoms with E-state index in [2.05, 4.69) is 10.2 Å². The molecular weight excluding hydrogens is 269 g/mol. The Hall–Kier alpha value is -1.82. The number of H-pyrrole nitrogens is 1. The summed E-state index contributed by atoms with van der Waals surface area (Å²) >= 11 is 0. The largest absolute Gasteiger partial charge is 0.491 e. The SMILES string of the molecule is CC1(C)OB(C(=Cc2[nH]nc(N)c2C#N)CN)OC1(C)C. The Morgan fingerprint density at radius 1 is 1.38 bits per heavy atom. The molecule has 0 unspecified atom stereocenters. The molecule has 0 aromatic carbocycles. The summed E-state index contributed by atoms with van der Waals surface area (Å²) in [5.41, 5.74) is 12.0. The molecule has 1 aromatic rings. The average molecular weight is 289 g/mol. The lowest BCUT2D eigenvalue weighted by molar-refractivity contribution is 0.00578. The standard InChI is InChI=1S/C13H20BN5O2/c1-12(2)13(3,4)21-14(20-12)8(6-15)5-10-9(7-16)11(17)19-18-10/h5H,6,15H2,1-4H3,(H3,17,18,19). The van der Waals surface area contributed by atoms with Crippen LogP contribution in [0.25, 0.3) is 6.08 Å². The van der Waals surface area contributed by atoms with E-state index in [0.717, 1.165) is 0 Å². The van der Waals surface area contributed by atoms with Crippen molar-refractivity contribution in [3.63, 3.8) is 0 Å². The summed E-state index contributed by atoms with van der Waals surface area (Å²) in [5.74, 6) is 0.161. The molecule has 5 N–H and O–H groups in total. The van der Waals surface area contributed by atoms with Gasteiger partial charge in [0.25, 0.3) is 0 Å². The second kappa shape index (κ2) is 5.18. The van der Waals surface area contributed by atoms with Gasteiger partial charge in [-0.2, -0.15) is 10.4 Å². The number of hydrogen-bond donors (Lipinski definition) is 3. The van der Waals surface area contributed by atoms with E-state index in [0.29, 0.717) is 11.2 Å². The third-order valence-electron chi connectivity index (χ3n) is 4.06. The minimum absolute atomic E-state index is 0.161. The highest BCUT2D eigenvalue weighted by atomic mass is 16.7. The van der Waals surface area contributed by atoms with Crippen LogP contribution in [0.5, 0.6) is 0 Å². The van der Waals surface area contributed by atoms with E-state index in [1.165, 1.54) is 0 Å². The maximum absolute atomic E-state index is 9.09. The molecule has 2 heterocycles. The summed E-state index contributed by atoms with van der Waals surface area (Å²) < 4.78 is 11.9. The van der Waals surface area contributed by atoms with Crippen molar-refractivity contribution in [3.8, 4) is 6.07 Å². The van der Waals surface area contributed by atoms with Crippen LogP contribution in [0.2, 0.25) is 0 Å². The van der Waals surface area contributed by atoms with E-state index >= 15 is 0 Å². The summed E-state index contributed by atoms with van der Waals surface area (Å²) in [5, 5.41) is 15.6. The molecule has 21 heavy (non-hydrogen) atoms. The fraction of sp³-hybridized carbons (Fsp3) is 0.538. The van der Waals surface area contributed by atoms with Crippen LogP contribution in [0.4, 0.5) is 5.82 Å². The van der Waals surface area contributed by atoms with E-state index < -0.39 is 18.3 Å². The number of nitriles is 1. The van der Waals surface area contributed by atoms with Crippen molar-refractivity contribution in [1.82, 2.24) is 10.2 Å². The van der Waals surface area contributed by atoms with E-state index in [1.807, 2.05) is 33.8 Å². The summed E-state index contributed by atoms with van der Waals surface area (Å²) in [7, 11) is -0.559. The van der Waals surface area contributed by atoms with Crippen LogP contribution in [0.3, 0.4) is 0 Å². The molecule has 1 saturated heterocycles. The van der Waals surface area contributed by atoms with Gasteiger partial charge in [-0.3, -0.25) is 5.10 Å². The lowest BCUT2D eigenvalue weighted by atomic mass is 9.77. The van der Waals surface area contributed by atoms with Crippen LogP contribution in [0.15, 0.2) is 5.47 Å². The van der Waals surface area contributed by atoms with Gasteiger partial charge >= 0.3 is 7.12 Å². The molecule has 1 aromatic heterocycles. The van der Waals surface area contributed by atoms with Crippen molar-refractivity contribution >= 4 is 19.0 Å². The number of nitrogens with zero attached hydrogens (tertiary/aromatic N) is 2. The van der Waals surface area contributed by atoms with Gasteiger partial charge in [-0.1, -0.05) is 0 Å². The van der Waals surface area contributed by atoms with Crippen LogP contribution in [0, 0.1) is 11.3 Å². The molecule has 0 aliphatic carbocycles. The second-order valence-corrected chi connectivity index (χ2v) is 6.02. The van der Waals surface area contributed by atoms with Gasteiger partial charge < -0.3 is 20.8 Å². The maximum atomic E-state index is 9.09. The molecule has 0 amide bonds. The third-order valence-corrected chi connectivity index (χ3v) is 4.06. The van der Waals surface area contributed by atoms with Gasteiger partial charge in [0.1, 0.15) is 11.6 Å². The number of nitrogens with one attached hydrogen (secondary N) is 1. The van der Waals surface area contributed by atoms with Crippen molar-refractivity contribution in [1.29, 1.82) is 5.26 Å². The molecule has 112 valence electrons. The van der Waals surface area contributed by atoms with Crippen molar-refractivity contribution in [2.75, 3.05) is 12.3 Å². The first-order chi connectivity index (χ1) is 9.71.